The second-order valence-corrected chi connectivity index (χ2v) is 4.58. The highest BCUT2D eigenvalue weighted by Gasteiger charge is 1.92. The molecule has 0 saturated carbocycles. The van der Waals surface area contributed by atoms with Crippen molar-refractivity contribution in [2.75, 3.05) is 6.61 Å². The van der Waals surface area contributed by atoms with E-state index < -0.39 is 0 Å². The summed E-state index contributed by atoms with van der Waals surface area (Å²) in [5.41, 5.74) is 1.26. The number of aliphatic hydroxyl groups is 1. The molecule has 0 aliphatic carbocycles. The van der Waals surface area contributed by atoms with Crippen LogP contribution in [0.4, 0.5) is 0 Å². The molecule has 0 saturated heterocycles. The van der Waals surface area contributed by atoms with Crippen molar-refractivity contribution in [3.8, 4) is 0 Å². The maximum absolute atomic E-state index is 8.68. The van der Waals surface area contributed by atoms with Crippen molar-refractivity contribution in [3.63, 3.8) is 0 Å². The molecule has 2 rings (SSSR count). The fourth-order valence-electron chi connectivity index (χ4n) is 2.08. The lowest BCUT2D eigenvalue weighted by molar-refractivity contribution is 0.283. The SMILES string of the molecule is OCCCCCC=Cc1ccc2ccccc2c1. The zero-order valence-corrected chi connectivity index (χ0v) is 10.7. The van der Waals surface area contributed by atoms with Crippen LogP contribution in [0.25, 0.3) is 16.8 Å². The lowest BCUT2D eigenvalue weighted by Gasteiger charge is -1.99. The molecule has 1 N–H and O–H groups in total. The highest BCUT2D eigenvalue weighted by molar-refractivity contribution is 5.84. The second-order valence-electron chi connectivity index (χ2n) is 4.58. The molecule has 0 fully saturated rings. The van der Waals surface area contributed by atoms with E-state index in [0.717, 1.165) is 25.7 Å². The molecular weight excluding hydrogens is 220 g/mol. The molecule has 0 aromatic heterocycles. The third-order valence-corrected chi connectivity index (χ3v) is 3.11. The molecule has 2 aromatic carbocycles. The fourth-order valence-corrected chi connectivity index (χ4v) is 2.08. The quantitative estimate of drug-likeness (QED) is 0.742. The van der Waals surface area contributed by atoms with Crippen LogP contribution in [0, 0.1) is 0 Å². The van der Waals surface area contributed by atoms with Gasteiger partial charge in [-0.1, -0.05) is 55.0 Å². The van der Waals surface area contributed by atoms with E-state index in [-0.39, 0.29) is 0 Å². The average Bonchev–Trinajstić information content (AvgIpc) is 2.42. The van der Waals surface area contributed by atoms with Crippen LogP contribution in [0.15, 0.2) is 48.5 Å². The zero-order valence-electron chi connectivity index (χ0n) is 10.7. The van der Waals surface area contributed by atoms with E-state index in [0.29, 0.717) is 6.61 Å². The van der Waals surface area contributed by atoms with Gasteiger partial charge in [-0.25, -0.2) is 0 Å². The smallest absolute Gasteiger partial charge is 0.0431 e. The highest BCUT2D eigenvalue weighted by atomic mass is 16.2. The Morgan fingerprint density at radius 3 is 2.56 bits per heavy atom. The number of hydrogen-bond acceptors (Lipinski definition) is 1. The van der Waals surface area contributed by atoms with Crippen molar-refractivity contribution in [2.45, 2.75) is 25.7 Å². The molecule has 1 heteroatoms. The van der Waals surface area contributed by atoms with E-state index >= 15 is 0 Å². The largest absolute Gasteiger partial charge is 0.396 e. The van der Waals surface area contributed by atoms with E-state index in [9.17, 15) is 0 Å². The van der Waals surface area contributed by atoms with Crippen LogP contribution in [-0.2, 0) is 0 Å². The zero-order chi connectivity index (χ0) is 12.6. The summed E-state index contributed by atoms with van der Waals surface area (Å²) in [6.45, 7) is 0.314. The molecule has 0 bridgehead atoms. The molecule has 18 heavy (non-hydrogen) atoms. The van der Waals surface area contributed by atoms with Gasteiger partial charge in [0.25, 0.3) is 0 Å². The van der Waals surface area contributed by atoms with E-state index in [1.807, 2.05) is 0 Å². The molecule has 0 aliphatic heterocycles. The van der Waals surface area contributed by atoms with Gasteiger partial charge in [0.05, 0.1) is 0 Å². The number of hydrogen-bond donors (Lipinski definition) is 1. The summed E-state index contributed by atoms with van der Waals surface area (Å²) in [6.07, 6.45) is 8.69. The van der Waals surface area contributed by atoms with Crippen molar-refractivity contribution in [1.82, 2.24) is 0 Å². The minimum atomic E-state index is 0.314. The fraction of sp³-hybridized carbons (Fsp3) is 0.294. The third kappa shape index (κ3) is 3.71. The standard InChI is InChI=1S/C17H20O/c18-13-7-3-1-2-4-8-15-11-12-16-9-5-6-10-17(16)14-15/h4-6,8-12,14,18H,1-3,7,13H2. The monoisotopic (exact) mass is 240 g/mol. The molecule has 0 aliphatic rings. The third-order valence-electron chi connectivity index (χ3n) is 3.11. The maximum Gasteiger partial charge on any atom is 0.0431 e. The summed E-state index contributed by atoms with van der Waals surface area (Å²) in [6, 6.07) is 15.0. The molecule has 94 valence electrons. The molecule has 0 heterocycles. The lowest BCUT2D eigenvalue weighted by Crippen LogP contribution is -1.81. The Morgan fingerprint density at radius 1 is 0.889 bits per heavy atom. The first kappa shape index (κ1) is 12.8. The molecule has 0 radical (unpaired) electrons. The van der Waals surface area contributed by atoms with Crippen LogP contribution < -0.4 is 0 Å². The summed E-state index contributed by atoms with van der Waals surface area (Å²) in [7, 11) is 0. The van der Waals surface area contributed by atoms with Crippen molar-refractivity contribution < 1.29 is 5.11 Å². The number of unbranched alkanes of at least 4 members (excludes halogenated alkanes) is 3. The molecule has 2 aromatic rings. The maximum atomic E-state index is 8.68. The second kappa shape index (κ2) is 6.97. The molecule has 0 unspecified atom stereocenters. The first-order valence-electron chi connectivity index (χ1n) is 6.66. The Balaban J connectivity index is 1.93. The summed E-state index contributed by atoms with van der Waals surface area (Å²) in [5.74, 6) is 0. The Labute approximate surface area is 109 Å². The van der Waals surface area contributed by atoms with Gasteiger partial charge in [-0.3, -0.25) is 0 Å². The Hall–Kier alpha value is -1.60. The first-order chi connectivity index (χ1) is 8.90. The number of allylic oxidation sites excluding steroid dienone is 1. The van der Waals surface area contributed by atoms with Gasteiger partial charge in [-0.15, -0.1) is 0 Å². The topological polar surface area (TPSA) is 20.2 Å². The molecule has 0 amide bonds. The summed E-state index contributed by atoms with van der Waals surface area (Å²) >= 11 is 0. The average molecular weight is 240 g/mol. The van der Waals surface area contributed by atoms with Crippen molar-refractivity contribution >= 4 is 16.8 Å². The summed E-state index contributed by atoms with van der Waals surface area (Å²) in [5, 5.41) is 11.3. The van der Waals surface area contributed by atoms with Crippen LogP contribution in [0.2, 0.25) is 0 Å². The van der Waals surface area contributed by atoms with E-state index in [1.165, 1.54) is 16.3 Å². The summed E-state index contributed by atoms with van der Waals surface area (Å²) < 4.78 is 0. The van der Waals surface area contributed by atoms with Crippen LogP contribution in [0.1, 0.15) is 31.2 Å². The van der Waals surface area contributed by atoms with Gasteiger partial charge >= 0.3 is 0 Å². The predicted octanol–water partition coefficient (Wildman–Crippen LogP) is 4.41. The Morgan fingerprint density at radius 2 is 1.72 bits per heavy atom. The lowest BCUT2D eigenvalue weighted by atomic mass is 10.1. The van der Waals surface area contributed by atoms with Gasteiger partial charge in [-0.05, 0) is 41.7 Å². The van der Waals surface area contributed by atoms with Crippen molar-refractivity contribution in [1.29, 1.82) is 0 Å². The van der Waals surface area contributed by atoms with E-state index in [4.69, 9.17) is 5.11 Å². The van der Waals surface area contributed by atoms with Crippen LogP contribution in [0.3, 0.4) is 0 Å². The van der Waals surface area contributed by atoms with Gasteiger partial charge in [0, 0.05) is 6.61 Å². The molecule has 1 nitrogen and oxygen atoms in total. The number of benzene rings is 2. The molecular formula is C17H20O. The highest BCUT2D eigenvalue weighted by Crippen LogP contribution is 2.16. The van der Waals surface area contributed by atoms with Gasteiger partial charge in [0.15, 0.2) is 0 Å². The van der Waals surface area contributed by atoms with Crippen molar-refractivity contribution in [2.24, 2.45) is 0 Å². The van der Waals surface area contributed by atoms with Crippen LogP contribution >= 0.6 is 0 Å². The minimum Gasteiger partial charge on any atom is -0.396 e. The van der Waals surface area contributed by atoms with Crippen molar-refractivity contribution in [3.05, 3.63) is 54.1 Å². The van der Waals surface area contributed by atoms with Gasteiger partial charge in [0.1, 0.15) is 0 Å². The molecule has 0 spiro atoms. The predicted molar refractivity (Wildman–Crippen MR) is 78.5 cm³/mol. The number of rotatable bonds is 6. The van der Waals surface area contributed by atoms with E-state index in [2.05, 4.69) is 54.6 Å². The summed E-state index contributed by atoms with van der Waals surface area (Å²) in [4.78, 5) is 0. The molecule has 0 atom stereocenters. The number of aliphatic hydroxyl groups excluding tert-OH is 1. The van der Waals surface area contributed by atoms with E-state index in [1.54, 1.807) is 0 Å². The normalized spacial score (nSPS) is 11.4. The van der Waals surface area contributed by atoms with Crippen LogP contribution in [-0.4, -0.2) is 11.7 Å². The number of fused-ring (bicyclic) bond motifs is 1. The minimum absolute atomic E-state index is 0.314. The van der Waals surface area contributed by atoms with Gasteiger partial charge in [-0.2, -0.15) is 0 Å². The Bertz CT molecular complexity index is 514. The Kier molecular flexibility index (Phi) is 4.98. The first-order valence-corrected chi connectivity index (χ1v) is 6.66. The van der Waals surface area contributed by atoms with Gasteiger partial charge < -0.3 is 5.11 Å². The van der Waals surface area contributed by atoms with Crippen LogP contribution in [0.5, 0.6) is 0 Å². The van der Waals surface area contributed by atoms with Gasteiger partial charge in [0.2, 0.25) is 0 Å².